The lowest BCUT2D eigenvalue weighted by atomic mass is 10.1. The van der Waals surface area contributed by atoms with E-state index in [1.807, 2.05) is 36.4 Å². The monoisotopic (exact) mass is 243 g/mol. The van der Waals surface area contributed by atoms with E-state index in [1.165, 1.54) is 0 Å². The van der Waals surface area contributed by atoms with Crippen LogP contribution in [-0.4, -0.2) is 4.98 Å². The van der Waals surface area contributed by atoms with Crippen LogP contribution in [0.2, 0.25) is 5.35 Å². The standard InChI is InChI=1S/C13H6ClNO2/c14-13-15-12-10(17-13)6-5-9-11(12)7-3-1-2-4-8(7)16-9/h1-6H. The summed E-state index contributed by atoms with van der Waals surface area (Å²) < 4.78 is 11.1. The van der Waals surface area contributed by atoms with Gasteiger partial charge < -0.3 is 8.83 Å². The summed E-state index contributed by atoms with van der Waals surface area (Å²) in [5.74, 6) is 0. The molecule has 17 heavy (non-hydrogen) atoms. The first-order valence-electron chi connectivity index (χ1n) is 5.19. The SMILES string of the molecule is Clc1nc2c(ccc3oc4ccccc4c32)o1. The van der Waals surface area contributed by atoms with E-state index in [0.717, 1.165) is 27.5 Å². The van der Waals surface area contributed by atoms with Crippen LogP contribution in [0, 0.1) is 0 Å². The topological polar surface area (TPSA) is 39.2 Å². The Morgan fingerprint density at radius 1 is 0.882 bits per heavy atom. The van der Waals surface area contributed by atoms with Gasteiger partial charge in [-0.3, -0.25) is 0 Å². The molecule has 2 heterocycles. The van der Waals surface area contributed by atoms with Gasteiger partial charge in [-0.05, 0) is 29.8 Å². The predicted molar refractivity (Wildman–Crippen MR) is 66.3 cm³/mol. The highest BCUT2D eigenvalue weighted by molar-refractivity contribution is 6.29. The Morgan fingerprint density at radius 2 is 1.71 bits per heavy atom. The van der Waals surface area contributed by atoms with Crippen LogP contribution in [-0.2, 0) is 0 Å². The number of halogens is 1. The average Bonchev–Trinajstić information content (AvgIpc) is 2.87. The molecule has 0 atom stereocenters. The van der Waals surface area contributed by atoms with E-state index in [1.54, 1.807) is 0 Å². The van der Waals surface area contributed by atoms with Crippen LogP contribution in [0.4, 0.5) is 0 Å². The van der Waals surface area contributed by atoms with E-state index in [9.17, 15) is 0 Å². The molecule has 0 aliphatic heterocycles. The predicted octanol–water partition coefficient (Wildman–Crippen LogP) is 4.38. The molecule has 2 aromatic carbocycles. The maximum Gasteiger partial charge on any atom is 0.293 e. The molecule has 0 saturated heterocycles. The lowest BCUT2D eigenvalue weighted by molar-refractivity contribution is 0.604. The minimum atomic E-state index is 0.151. The quantitative estimate of drug-likeness (QED) is 0.460. The number of hydrogen-bond donors (Lipinski definition) is 0. The number of rotatable bonds is 0. The summed E-state index contributed by atoms with van der Waals surface area (Å²) in [7, 11) is 0. The zero-order valence-electron chi connectivity index (χ0n) is 8.61. The van der Waals surface area contributed by atoms with Crippen molar-refractivity contribution < 1.29 is 8.83 Å². The zero-order valence-corrected chi connectivity index (χ0v) is 9.36. The van der Waals surface area contributed by atoms with Crippen molar-refractivity contribution in [3.8, 4) is 0 Å². The van der Waals surface area contributed by atoms with Crippen molar-refractivity contribution in [1.29, 1.82) is 0 Å². The third kappa shape index (κ3) is 1.14. The number of aromatic nitrogens is 1. The molecule has 3 nitrogen and oxygen atoms in total. The van der Waals surface area contributed by atoms with E-state index < -0.39 is 0 Å². The van der Waals surface area contributed by atoms with E-state index in [2.05, 4.69) is 4.98 Å². The number of oxazole rings is 1. The molecule has 0 aliphatic carbocycles. The van der Waals surface area contributed by atoms with Crippen LogP contribution >= 0.6 is 11.6 Å². The Balaban J connectivity index is 2.37. The fourth-order valence-electron chi connectivity index (χ4n) is 2.17. The van der Waals surface area contributed by atoms with Gasteiger partial charge in [0.25, 0.3) is 5.35 Å². The van der Waals surface area contributed by atoms with E-state index >= 15 is 0 Å². The summed E-state index contributed by atoms with van der Waals surface area (Å²) in [6, 6.07) is 11.5. The van der Waals surface area contributed by atoms with Gasteiger partial charge in [-0.25, -0.2) is 0 Å². The first kappa shape index (κ1) is 9.07. The second-order valence-electron chi connectivity index (χ2n) is 3.85. The largest absolute Gasteiger partial charge is 0.456 e. The summed E-state index contributed by atoms with van der Waals surface area (Å²) in [6.45, 7) is 0. The second-order valence-corrected chi connectivity index (χ2v) is 4.17. The van der Waals surface area contributed by atoms with Crippen molar-refractivity contribution in [2.45, 2.75) is 0 Å². The van der Waals surface area contributed by atoms with Gasteiger partial charge in [0.05, 0.1) is 5.39 Å². The van der Waals surface area contributed by atoms with E-state index in [0.29, 0.717) is 5.58 Å². The highest BCUT2D eigenvalue weighted by atomic mass is 35.5. The van der Waals surface area contributed by atoms with Crippen molar-refractivity contribution >= 4 is 44.6 Å². The van der Waals surface area contributed by atoms with Gasteiger partial charge in [0, 0.05) is 5.39 Å². The average molecular weight is 244 g/mol. The maximum atomic E-state index is 5.79. The summed E-state index contributed by atoms with van der Waals surface area (Å²) in [5, 5.41) is 2.13. The second kappa shape index (κ2) is 3.02. The van der Waals surface area contributed by atoms with Crippen molar-refractivity contribution in [2.24, 2.45) is 0 Å². The summed E-state index contributed by atoms with van der Waals surface area (Å²) >= 11 is 5.79. The highest BCUT2D eigenvalue weighted by Crippen LogP contribution is 2.34. The maximum absolute atomic E-state index is 5.79. The molecular formula is C13H6ClNO2. The number of furan rings is 1. The Morgan fingerprint density at radius 3 is 2.65 bits per heavy atom. The molecule has 4 aromatic rings. The molecule has 0 radical (unpaired) electrons. The smallest absolute Gasteiger partial charge is 0.293 e. The number of hydrogen-bond acceptors (Lipinski definition) is 3. The van der Waals surface area contributed by atoms with E-state index in [-0.39, 0.29) is 5.35 Å². The number of para-hydroxylation sites is 1. The van der Waals surface area contributed by atoms with Crippen molar-refractivity contribution in [2.75, 3.05) is 0 Å². The summed E-state index contributed by atoms with van der Waals surface area (Å²) in [6.07, 6.45) is 0. The van der Waals surface area contributed by atoms with Crippen LogP contribution in [0.5, 0.6) is 0 Å². The molecule has 82 valence electrons. The lowest BCUT2D eigenvalue weighted by Gasteiger charge is -1.89. The van der Waals surface area contributed by atoms with Gasteiger partial charge in [0.15, 0.2) is 5.58 Å². The minimum Gasteiger partial charge on any atom is -0.456 e. The van der Waals surface area contributed by atoms with Crippen LogP contribution in [0.15, 0.2) is 45.2 Å². The van der Waals surface area contributed by atoms with Crippen LogP contribution in [0.1, 0.15) is 0 Å². The molecule has 0 saturated carbocycles. The van der Waals surface area contributed by atoms with Crippen LogP contribution in [0.25, 0.3) is 33.0 Å². The van der Waals surface area contributed by atoms with Gasteiger partial charge in [0.1, 0.15) is 16.7 Å². The molecule has 0 bridgehead atoms. The van der Waals surface area contributed by atoms with Gasteiger partial charge >= 0.3 is 0 Å². The fraction of sp³-hybridized carbons (Fsp3) is 0. The molecule has 4 heteroatoms. The molecule has 0 fully saturated rings. The van der Waals surface area contributed by atoms with Gasteiger partial charge in [-0.2, -0.15) is 4.98 Å². The van der Waals surface area contributed by atoms with Crippen molar-refractivity contribution in [3.05, 3.63) is 41.7 Å². The minimum absolute atomic E-state index is 0.151. The van der Waals surface area contributed by atoms with Crippen LogP contribution < -0.4 is 0 Å². The third-order valence-corrected chi connectivity index (χ3v) is 3.03. The number of fused-ring (bicyclic) bond motifs is 5. The molecule has 0 N–H and O–H groups in total. The zero-order chi connectivity index (χ0) is 11.4. The van der Waals surface area contributed by atoms with Crippen molar-refractivity contribution in [1.82, 2.24) is 4.98 Å². The Hall–Kier alpha value is -2.00. The van der Waals surface area contributed by atoms with Crippen molar-refractivity contribution in [3.63, 3.8) is 0 Å². The Bertz CT molecular complexity index is 860. The fourth-order valence-corrected chi connectivity index (χ4v) is 2.34. The van der Waals surface area contributed by atoms with Crippen LogP contribution in [0.3, 0.4) is 0 Å². The highest BCUT2D eigenvalue weighted by Gasteiger charge is 2.13. The summed E-state index contributed by atoms with van der Waals surface area (Å²) in [5.41, 5.74) is 3.06. The molecule has 0 spiro atoms. The summed E-state index contributed by atoms with van der Waals surface area (Å²) in [4.78, 5) is 4.20. The number of benzene rings is 2. The molecule has 0 unspecified atom stereocenters. The lowest BCUT2D eigenvalue weighted by Crippen LogP contribution is -1.71. The first-order chi connectivity index (χ1) is 8.33. The molecular weight excluding hydrogens is 238 g/mol. The Labute approximate surface area is 101 Å². The van der Waals surface area contributed by atoms with Gasteiger partial charge in [-0.15, -0.1) is 0 Å². The molecule has 2 aromatic heterocycles. The number of nitrogens with zero attached hydrogens (tertiary/aromatic N) is 1. The van der Waals surface area contributed by atoms with E-state index in [4.69, 9.17) is 20.4 Å². The third-order valence-electron chi connectivity index (χ3n) is 2.87. The Kier molecular flexibility index (Phi) is 1.61. The molecule has 0 aliphatic rings. The molecule has 0 amide bonds. The normalized spacial score (nSPS) is 11.8. The molecule has 4 rings (SSSR count). The van der Waals surface area contributed by atoms with Gasteiger partial charge in [-0.1, -0.05) is 18.2 Å². The first-order valence-corrected chi connectivity index (χ1v) is 5.57. The van der Waals surface area contributed by atoms with Gasteiger partial charge in [0.2, 0.25) is 0 Å².